The van der Waals surface area contributed by atoms with Crippen molar-refractivity contribution >= 4 is 79.6 Å². The number of benzene rings is 3. The van der Waals surface area contributed by atoms with Crippen LogP contribution in [0.3, 0.4) is 0 Å². The number of pyridine rings is 1. The van der Waals surface area contributed by atoms with Crippen molar-refractivity contribution in [2.24, 2.45) is 5.92 Å². The Hall–Kier alpha value is -7.43. The number of phosphoric ester groups is 1. The van der Waals surface area contributed by atoms with E-state index in [1.807, 2.05) is 0 Å². The van der Waals surface area contributed by atoms with E-state index in [1.54, 1.807) is 0 Å². The summed E-state index contributed by atoms with van der Waals surface area (Å²) < 4.78 is 218. The lowest BCUT2D eigenvalue weighted by molar-refractivity contribution is -0.143. The Bertz CT molecular complexity index is 4250. The number of nitrogens with zero attached hydrogens (tertiary/aromatic N) is 6. The SMILES string of the molecule is CC(=O)c1cc(OP(=O)(O)O)c(C(C)(C)CC(=O)N(c2nn(CC(F)(F)F)c3c(-c4ccc(C#CC(C)(C)S(C)(=O)=O)nc4[C@H](Cc4cc(F)cc(F)c4)NC(=O)Cn4nc(C(F)(F)F)c5c4C(F)(F)[C@@H]4C[C@H]54)ccc(Cl)c23)S(C)(=O)=O)c(C(=O)O)c1. The van der Waals surface area contributed by atoms with Crippen LogP contribution in [0.25, 0.3) is 22.0 Å². The van der Waals surface area contributed by atoms with Crippen molar-refractivity contribution in [2.45, 2.75) is 107 Å². The van der Waals surface area contributed by atoms with Gasteiger partial charge >= 0.3 is 26.1 Å². The molecule has 6 aromatic rings. The van der Waals surface area contributed by atoms with E-state index in [-0.39, 0.29) is 25.7 Å². The van der Waals surface area contributed by atoms with Crippen LogP contribution in [0.1, 0.15) is 120 Å². The molecule has 0 spiro atoms. The smallest absolute Gasteiger partial charge is 0.478 e. The number of phosphoric acid groups is 1. The lowest BCUT2D eigenvalue weighted by Gasteiger charge is -2.30. The van der Waals surface area contributed by atoms with Crippen LogP contribution < -0.4 is 14.1 Å². The van der Waals surface area contributed by atoms with E-state index in [4.69, 9.17) is 16.1 Å². The number of carboxylic acid groups (broad SMARTS) is 1. The minimum absolute atomic E-state index is 0.111. The number of aromatic nitrogens is 5. The zero-order valence-corrected chi connectivity index (χ0v) is 49.3. The Kier molecular flexibility index (Phi) is 16.8. The summed E-state index contributed by atoms with van der Waals surface area (Å²) in [5.74, 6) is -11.9. The van der Waals surface area contributed by atoms with Gasteiger partial charge in [-0.3, -0.25) is 33.5 Å². The lowest BCUT2D eigenvalue weighted by Crippen LogP contribution is -2.40. The van der Waals surface area contributed by atoms with Gasteiger partial charge in [-0.15, -0.1) is 0 Å². The van der Waals surface area contributed by atoms with Crippen molar-refractivity contribution in [3.8, 4) is 28.7 Å². The predicted molar refractivity (Wildman–Crippen MR) is 289 cm³/mol. The number of sulfone groups is 1. The monoisotopic (exact) mass is 1310 g/mol. The second kappa shape index (κ2) is 22.3. The minimum atomic E-state index is -5.64. The molecule has 0 saturated heterocycles. The molecule has 1 saturated carbocycles. The molecular weight excluding hydrogens is 1260 g/mol. The first-order chi connectivity index (χ1) is 39.7. The number of aromatic carboxylic acids is 1. The van der Waals surface area contributed by atoms with E-state index in [0.717, 1.165) is 75.6 Å². The van der Waals surface area contributed by atoms with Gasteiger partial charge in [0.1, 0.15) is 46.6 Å². The van der Waals surface area contributed by atoms with Gasteiger partial charge in [0.25, 0.3) is 5.92 Å². The van der Waals surface area contributed by atoms with E-state index < -0.39 is 219 Å². The van der Waals surface area contributed by atoms with Crippen LogP contribution in [-0.2, 0) is 71.0 Å². The number of carboxylic acids is 1. The van der Waals surface area contributed by atoms with Crippen molar-refractivity contribution < 1.29 is 104 Å². The Morgan fingerprint density at radius 1 is 0.920 bits per heavy atom. The van der Waals surface area contributed by atoms with Crippen molar-refractivity contribution in [1.29, 1.82) is 0 Å². The third-order valence-corrected chi connectivity index (χ3v) is 18.0. The number of nitrogens with one attached hydrogen (secondary N) is 1. The quantitative estimate of drug-likeness (QED) is 0.0270. The molecule has 466 valence electrons. The summed E-state index contributed by atoms with van der Waals surface area (Å²) in [6.07, 6.45) is -11.7. The number of hydrogen-bond acceptors (Lipinski definition) is 13. The number of alkyl halides is 8. The van der Waals surface area contributed by atoms with Gasteiger partial charge in [0.15, 0.2) is 27.1 Å². The van der Waals surface area contributed by atoms with Crippen LogP contribution >= 0.6 is 19.4 Å². The number of amides is 2. The maximum Gasteiger partial charge on any atom is 0.524 e. The number of sulfonamides is 1. The number of Topliss-reactive ketones (excluding diaryl/α,β-unsaturated/α-hetero) is 1. The fourth-order valence-corrected chi connectivity index (χ4v) is 12.0. The molecule has 3 heterocycles. The van der Waals surface area contributed by atoms with Crippen molar-refractivity contribution in [3.63, 3.8) is 0 Å². The topological polar surface area (TPSA) is 287 Å². The molecule has 0 aliphatic heterocycles. The molecule has 0 unspecified atom stereocenters. The number of rotatable bonds is 18. The molecule has 87 heavy (non-hydrogen) atoms. The number of ketones is 1. The largest absolute Gasteiger partial charge is 0.524 e. The minimum Gasteiger partial charge on any atom is -0.478 e. The van der Waals surface area contributed by atoms with Gasteiger partial charge in [-0.1, -0.05) is 37.4 Å². The standard InChI is InChI=1S/C53H47ClF10N7O13PS2/c1-24(72)26-17-33(48(75)76)42(37(18-26)84-85(77,78)79)49(2,3)21-39(74)71(87(7,82)83)47-41-35(54)11-10-31(44(41)70(68-47)23-51(57,58)59)30-9-8-29(12-13-50(4,5)86(6,80)81)65-43(30)36(16-25-14-27(55)19-28(56)15-25)66-38(73)22-69-46-40(45(67-69)53(62,63)64)32-20-34(32)52(46,60)61/h8-11,14-15,17-19,32,34,36H,16,20-23H2,1-7H3,(H,66,73)(H,75,76)(H2,77,78,79)/t32-,34+,36-/m0/s1. The summed E-state index contributed by atoms with van der Waals surface area (Å²) in [6, 6.07) is 5.65. The van der Waals surface area contributed by atoms with E-state index in [1.165, 1.54) is 13.8 Å². The van der Waals surface area contributed by atoms with Crippen LogP contribution in [0.2, 0.25) is 5.02 Å². The normalized spacial score (nSPS) is 16.4. The summed E-state index contributed by atoms with van der Waals surface area (Å²) in [6.45, 7) is 1.98. The Morgan fingerprint density at radius 2 is 1.54 bits per heavy atom. The maximum absolute atomic E-state index is 15.7. The summed E-state index contributed by atoms with van der Waals surface area (Å²) in [5, 5.41) is 18.6. The van der Waals surface area contributed by atoms with Gasteiger partial charge in [0.05, 0.1) is 39.5 Å². The number of hydrogen-bond donors (Lipinski definition) is 4. The summed E-state index contributed by atoms with van der Waals surface area (Å²) in [4.78, 5) is 78.5. The number of carbonyl (C=O) groups is 4. The highest BCUT2D eigenvalue weighted by atomic mass is 35.5. The van der Waals surface area contributed by atoms with Gasteiger partial charge in [-0.2, -0.15) is 49.6 Å². The molecule has 3 atom stereocenters. The fraction of sp³-hybridized carbons (Fsp3) is 0.377. The first-order valence-corrected chi connectivity index (χ1v) is 30.9. The van der Waals surface area contributed by atoms with E-state index in [9.17, 15) is 90.6 Å². The van der Waals surface area contributed by atoms with Gasteiger partial charge in [-0.05, 0) is 93.5 Å². The highest BCUT2D eigenvalue weighted by Crippen LogP contribution is 2.68. The summed E-state index contributed by atoms with van der Waals surface area (Å²) in [5.41, 5.74) is -10.9. The number of anilines is 1. The maximum atomic E-state index is 15.7. The molecule has 2 aliphatic carbocycles. The van der Waals surface area contributed by atoms with Crippen molar-refractivity contribution in [1.82, 2.24) is 29.9 Å². The number of carbonyl (C=O) groups excluding carboxylic acids is 3. The molecule has 0 radical (unpaired) electrons. The fourth-order valence-electron chi connectivity index (χ4n) is 10.3. The zero-order valence-electron chi connectivity index (χ0n) is 46.0. The molecule has 8 rings (SSSR count). The molecule has 1 fully saturated rings. The van der Waals surface area contributed by atoms with Crippen LogP contribution in [-0.4, -0.2) is 103 Å². The Balaban J connectivity index is 1.36. The number of halogens is 11. The third kappa shape index (κ3) is 13.5. The summed E-state index contributed by atoms with van der Waals surface area (Å²) in [7, 11) is -14.8. The Labute approximate surface area is 492 Å². The molecule has 20 nitrogen and oxygen atoms in total. The molecule has 3 aromatic heterocycles. The average Bonchev–Trinajstić information content (AvgIpc) is 1.54. The summed E-state index contributed by atoms with van der Waals surface area (Å²) >= 11 is 6.75. The third-order valence-electron chi connectivity index (χ3n) is 14.3. The van der Waals surface area contributed by atoms with Crippen LogP contribution in [0.4, 0.5) is 49.7 Å². The molecule has 4 N–H and O–H groups in total. The molecule has 0 bridgehead atoms. The van der Waals surface area contributed by atoms with Gasteiger partial charge in [0, 0.05) is 57.9 Å². The molecule has 2 aliphatic rings. The van der Waals surface area contributed by atoms with Gasteiger partial charge in [-0.25, -0.2) is 40.0 Å². The predicted octanol–water partition coefficient (Wildman–Crippen LogP) is 9.32. The zero-order chi connectivity index (χ0) is 65.0. The van der Waals surface area contributed by atoms with Crippen molar-refractivity contribution in [2.75, 3.05) is 16.8 Å². The van der Waals surface area contributed by atoms with Crippen LogP contribution in [0, 0.1) is 29.4 Å². The second-order valence-corrected chi connectivity index (χ2v) is 27.8. The molecular formula is C53H47ClF10N7O13PS2. The van der Waals surface area contributed by atoms with E-state index in [2.05, 4.69) is 32.3 Å². The van der Waals surface area contributed by atoms with E-state index >= 15 is 8.78 Å². The average molecular weight is 1310 g/mol. The van der Waals surface area contributed by atoms with Gasteiger partial charge in [0.2, 0.25) is 21.8 Å². The van der Waals surface area contributed by atoms with Gasteiger partial charge < -0.3 is 14.9 Å². The first-order valence-electron chi connectivity index (χ1n) is 25.2. The highest BCUT2D eigenvalue weighted by Gasteiger charge is 2.68. The van der Waals surface area contributed by atoms with Crippen molar-refractivity contribution in [3.05, 3.63) is 122 Å². The molecule has 2 amide bonds. The first kappa shape index (κ1) is 65.5. The lowest BCUT2D eigenvalue weighted by atomic mass is 9.77. The molecule has 3 aromatic carbocycles. The molecule has 34 heteroatoms. The Morgan fingerprint density at radius 3 is 2.09 bits per heavy atom. The van der Waals surface area contributed by atoms with Crippen LogP contribution in [0.15, 0.2) is 54.6 Å². The highest BCUT2D eigenvalue weighted by molar-refractivity contribution is 7.93. The second-order valence-electron chi connectivity index (χ2n) is 21.8. The number of fused-ring (bicyclic) bond motifs is 4. The van der Waals surface area contributed by atoms with Crippen LogP contribution in [0.5, 0.6) is 5.75 Å². The van der Waals surface area contributed by atoms with E-state index in [0.29, 0.717) is 12.3 Å².